The Hall–Kier alpha value is -1.30. The van der Waals surface area contributed by atoms with Gasteiger partial charge >= 0.3 is 0 Å². The normalized spacial score (nSPS) is 18.1. The molecular formula is C13H14Cl2N2O3. The molecule has 7 heteroatoms. The Balaban J connectivity index is 2.23. The number of benzene rings is 1. The maximum atomic E-state index is 12.5. The van der Waals surface area contributed by atoms with Gasteiger partial charge in [0.25, 0.3) is 11.8 Å². The molecule has 0 aromatic heterocycles. The summed E-state index contributed by atoms with van der Waals surface area (Å²) in [4.78, 5) is 30.5. The van der Waals surface area contributed by atoms with Gasteiger partial charge in [0.05, 0.1) is 17.7 Å². The zero-order chi connectivity index (χ0) is 14.7. The lowest BCUT2D eigenvalue weighted by Gasteiger charge is -2.24. The van der Waals surface area contributed by atoms with E-state index in [1.807, 2.05) is 0 Å². The van der Waals surface area contributed by atoms with Crippen molar-refractivity contribution < 1.29 is 14.4 Å². The van der Waals surface area contributed by atoms with Gasteiger partial charge in [-0.1, -0.05) is 23.2 Å². The topological polar surface area (TPSA) is 58.6 Å². The summed E-state index contributed by atoms with van der Waals surface area (Å²) in [6, 6.07) is 4.14. The Morgan fingerprint density at radius 1 is 1.40 bits per heavy atom. The number of likely N-dealkylation sites (tertiary alicyclic amines) is 1. The number of carbonyl (C=O) groups is 2. The maximum Gasteiger partial charge on any atom is 0.266 e. The van der Waals surface area contributed by atoms with Crippen LogP contribution in [0.1, 0.15) is 23.2 Å². The zero-order valence-corrected chi connectivity index (χ0v) is 12.4. The molecule has 1 atom stereocenters. The van der Waals surface area contributed by atoms with Crippen molar-refractivity contribution in [2.24, 2.45) is 0 Å². The van der Waals surface area contributed by atoms with Gasteiger partial charge in [0, 0.05) is 11.6 Å². The highest BCUT2D eigenvalue weighted by atomic mass is 35.5. The highest BCUT2D eigenvalue weighted by molar-refractivity contribution is 6.35. The highest BCUT2D eigenvalue weighted by Gasteiger charge is 2.35. The first-order chi connectivity index (χ1) is 9.54. The summed E-state index contributed by atoms with van der Waals surface area (Å²) in [6.07, 6.45) is 1.35. The van der Waals surface area contributed by atoms with Gasteiger partial charge in [-0.2, -0.15) is 0 Å². The molecule has 1 aliphatic rings. The molecule has 0 radical (unpaired) electrons. The number of hydroxylamine groups is 1. The van der Waals surface area contributed by atoms with Gasteiger partial charge in [-0.3, -0.25) is 14.4 Å². The second kappa shape index (κ2) is 6.43. The number of hydrogen-bond donors (Lipinski definition) is 1. The number of halogens is 2. The predicted octanol–water partition coefficient (Wildman–Crippen LogP) is 2.28. The van der Waals surface area contributed by atoms with Crippen molar-refractivity contribution in [2.75, 3.05) is 13.7 Å². The largest absolute Gasteiger partial charge is 0.326 e. The molecule has 1 saturated heterocycles. The maximum absolute atomic E-state index is 12.5. The van der Waals surface area contributed by atoms with Gasteiger partial charge < -0.3 is 4.90 Å². The van der Waals surface area contributed by atoms with Crippen molar-refractivity contribution in [1.29, 1.82) is 0 Å². The second-order valence-corrected chi connectivity index (χ2v) is 5.29. The summed E-state index contributed by atoms with van der Waals surface area (Å²) >= 11 is 11.9. The zero-order valence-electron chi connectivity index (χ0n) is 10.9. The van der Waals surface area contributed by atoms with Crippen LogP contribution >= 0.6 is 23.2 Å². The number of hydrogen-bond acceptors (Lipinski definition) is 3. The summed E-state index contributed by atoms with van der Waals surface area (Å²) in [6.45, 7) is 0.503. The molecule has 0 spiro atoms. The van der Waals surface area contributed by atoms with E-state index in [9.17, 15) is 9.59 Å². The first kappa shape index (κ1) is 15.1. The number of nitrogens with one attached hydrogen (secondary N) is 1. The van der Waals surface area contributed by atoms with Gasteiger partial charge in [0.1, 0.15) is 6.04 Å². The molecule has 1 aliphatic heterocycles. The second-order valence-electron chi connectivity index (χ2n) is 4.45. The average Bonchev–Trinajstić information content (AvgIpc) is 2.90. The minimum atomic E-state index is -0.544. The molecule has 1 N–H and O–H groups in total. The third-order valence-corrected chi connectivity index (χ3v) is 3.74. The predicted molar refractivity (Wildman–Crippen MR) is 75.7 cm³/mol. The summed E-state index contributed by atoms with van der Waals surface area (Å²) in [5.41, 5.74) is 2.56. The fraction of sp³-hybridized carbons (Fsp3) is 0.385. The van der Waals surface area contributed by atoms with Crippen LogP contribution in [0.3, 0.4) is 0 Å². The summed E-state index contributed by atoms with van der Waals surface area (Å²) < 4.78 is 0. The average molecular weight is 317 g/mol. The molecule has 5 nitrogen and oxygen atoms in total. The highest BCUT2D eigenvalue weighted by Crippen LogP contribution is 2.26. The minimum absolute atomic E-state index is 0.300. The van der Waals surface area contributed by atoms with Crippen molar-refractivity contribution >= 4 is 35.0 Å². The van der Waals surface area contributed by atoms with Crippen molar-refractivity contribution in [2.45, 2.75) is 18.9 Å². The van der Waals surface area contributed by atoms with E-state index in [0.29, 0.717) is 28.6 Å². The van der Waals surface area contributed by atoms with E-state index < -0.39 is 6.04 Å². The molecule has 1 heterocycles. The molecule has 0 saturated carbocycles. The summed E-state index contributed by atoms with van der Waals surface area (Å²) in [5.74, 6) is -0.636. The first-order valence-electron chi connectivity index (χ1n) is 6.13. The smallest absolute Gasteiger partial charge is 0.266 e. The quantitative estimate of drug-likeness (QED) is 0.870. The fourth-order valence-electron chi connectivity index (χ4n) is 2.27. The third kappa shape index (κ3) is 3.06. The van der Waals surface area contributed by atoms with E-state index in [0.717, 1.165) is 6.42 Å². The van der Waals surface area contributed by atoms with Gasteiger partial charge in [0.15, 0.2) is 0 Å². The molecule has 0 aliphatic carbocycles. The van der Waals surface area contributed by atoms with E-state index >= 15 is 0 Å². The number of rotatable bonds is 3. The molecule has 2 amide bonds. The van der Waals surface area contributed by atoms with Crippen molar-refractivity contribution in [3.05, 3.63) is 33.8 Å². The number of nitrogens with zero attached hydrogens (tertiary/aromatic N) is 1. The Morgan fingerprint density at radius 3 is 2.85 bits per heavy atom. The lowest BCUT2D eigenvalue weighted by molar-refractivity contribution is -0.135. The molecule has 1 fully saturated rings. The van der Waals surface area contributed by atoms with E-state index in [1.54, 1.807) is 12.1 Å². The van der Waals surface area contributed by atoms with Crippen LogP contribution < -0.4 is 5.48 Å². The third-order valence-electron chi connectivity index (χ3n) is 3.18. The minimum Gasteiger partial charge on any atom is -0.326 e. The van der Waals surface area contributed by atoms with Crippen molar-refractivity contribution in [3.63, 3.8) is 0 Å². The SMILES string of the molecule is CONC(=O)[C@H]1CCCN1C(=O)c1cc(Cl)ccc1Cl. The van der Waals surface area contributed by atoms with Gasteiger partial charge in [-0.05, 0) is 31.0 Å². The Labute approximate surface area is 126 Å². The Morgan fingerprint density at radius 2 is 2.15 bits per heavy atom. The number of carbonyl (C=O) groups excluding carboxylic acids is 2. The lowest BCUT2D eigenvalue weighted by Crippen LogP contribution is -2.45. The van der Waals surface area contributed by atoms with Crippen LogP contribution in [-0.4, -0.2) is 36.4 Å². The molecule has 0 unspecified atom stereocenters. The Kier molecular flexibility index (Phi) is 4.86. The van der Waals surface area contributed by atoms with Gasteiger partial charge in [-0.15, -0.1) is 0 Å². The molecule has 0 bridgehead atoms. The standard InChI is InChI=1S/C13H14Cl2N2O3/c1-20-16-12(18)11-3-2-6-17(11)13(19)9-7-8(14)4-5-10(9)15/h4-5,7,11H,2-3,6H2,1H3,(H,16,18)/t11-/m1/s1. The van der Waals surface area contributed by atoms with Crippen molar-refractivity contribution in [3.8, 4) is 0 Å². The van der Waals surface area contributed by atoms with E-state index in [1.165, 1.54) is 18.1 Å². The van der Waals surface area contributed by atoms with Crippen LogP contribution in [-0.2, 0) is 9.63 Å². The van der Waals surface area contributed by atoms with E-state index in [-0.39, 0.29) is 11.8 Å². The molecule has 1 aromatic rings. The van der Waals surface area contributed by atoms with Crippen molar-refractivity contribution in [1.82, 2.24) is 10.4 Å². The number of amides is 2. The van der Waals surface area contributed by atoms with Crippen LogP contribution in [0.2, 0.25) is 10.0 Å². The summed E-state index contributed by atoms with van der Waals surface area (Å²) in [7, 11) is 1.35. The molecule has 108 valence electrons. The summed E-state index contributed by atoms with van der Waals surface area (Å²) in [5, 5.41) is 0.743. The molecule has 1 aromatic carbocycles. The van der Waals surface area contributed by atoms with Crippen LogP contribution in [0.5, 0.6) is 0 Å². The fourth-order valence-corrected chi connectivity index (χ4v) is 2.64. The van der Waals surface area contributed by atoms with Crippen LogP contribution in [0.25, 0.3) is 0 Å². The molecule has 20 heavy (non-hydrogen) atoms. The molecular weight excluding hydrogens is 303 g/mol. The first-order valence-corrected chi connectivity index (χ1v) is 6.89. The monoisotopic (exact) mass is 316 g/mol. The van der Waals surface area contributed by atoms with Crippen LogP contribution in [0.15, 0.2) is 18.2 Å². The van der Waals surface area contributed by atoms with Crippen LogP contribution in [0.4, 0.5) is 0 Å². The van der Waals surface area contributed by atoms with E-state index in [4.69, 9.17) is 23.2 Å². The van der Waals surface area contributed by atoms with Gasteiger partial charge in [-0.25, -0.2) is 5.48 Å². The van der Waals surface area contributed by atoms with E-state index in [2.05, 4.69) is 10.3 Å². The Bertz CT molecular complexity index is 536. The lowest BCUT2D eigenvalue weighted by atomic mass is 10.1. The molecule has 2 rings (SSSR count). The van der Waals surface area contributed by atoms with Crippen LogP contribution in [0, 0.1) is 0 Å². The van der Waals surface area contributed by atoms with Gasteiger partial charge in [0.2, 0.25) is 0 Å².